The first kappa shape index (κ1) is 19.2. The Balaban J connectivity index is 1.80. The van der Waals surface area contributed by atoms with E-state index in [2.05, 4.69) is 67.7 Å². The molecule has 0 radical (unpaired) electrons. The lowest BCUT2D eigenvalue weighted by atomic mass is 10.0. The second kappa shape index (κ2) is 10.0. The summed E-state index contributed by atoms with van der Waals surface area (Å²) < 4.78 is 5.82. The predicted octanol–water partition coefficient (Wildman–Crippen LogP) is 3.20. The number of hydrogen-bond donors (Lipinski definition) is 2. The number of ether oxygens (including phenoxy) is 1. The van der Waals surface area contributed by atoms with Crippen LogP contribution in [-0.2, 0) is 0 Å². The van der Waals surface area contributed by atoms with Crippen LogP contribution in [0.3, 0.4) is 0 Å². The van der Waals surface area contributed by atoms with Gasteiger partial charge in [0.2, 0.25) is 0 Å². The van der Waals surface area contributed by atoms with E-state index in [1.165, 1.54) is 18.4 Å². The molecule has 1 fully saturated rings. The molecule has 1 aromatic rings. The van der Waals surface area contributed by atoms with E-state index >= 15 is 0 Å². The Morgan fingerprint density at radius 3 is 2.62 bits per heavy atom. The van der Waals surface area contributed by atoms with E-state index < -0.39 is 0 Å². The van der Waals surface area contributed by atoms with E-state index in [4.69, 9.17) is 4.74 Å². The average molecular weight is 334 g/mol. The van der Waals surface area contributed by atoms with Crippen LogP contribution in [-0.4, -0.2) is 50.8 Å². The van der Waals surface area contributed by atoms with Gasteiger partial charge in [0, 0.05) is 24.7 Å². The van der Waals surface area contributed by atoms with Crippen molar-refractivity contribution in [3.63, 3.8) is 0 Å². The summed E-state index contributed by atoms with van der Waals surface area (Å²) in [6.45, 7) is 7.53. The second-order valence-electron chi connectivity index (χ2n) is 7.18. The highest BCUT2D eigenvalue weighted by atomic mass is 16.5. The van der Waals surface area contributed by atoms with Gasteiger partial charge in [0.05, 0.1) is 6.61 Å². The standard InChI is InChI=1S/C20H35N3O/c1-5-19(20-8-6-13-21-20)22-16(2)17-9-11-18(12-10-17)24-15-7-14-23(3)4/h9-12,16,19-22H,5-8,13-15H2,1-4H3. The molecule has 0 aliphatic carbocycles. The molecule has 0 saturated carbocycles. The van der Waals surface area contributed by atoms with Crippen LogP contribution in [0.25, 0.3) is 0 Å². The minimum absolute atomic E-state index is 0.361. The monoisotopic (exact) mass is 333 g/mol. The van der Waals surface area contributed by atoms with Gasteiger partial charge in [-0.25, -0.2) is 0 Å². The summed E-state index contributed by atoms with van der Waals surface area (Å²) in [5, 5.41) is 7.42. The van der Waals surface area contributed by atoms with E-state index in [0.29, 0.717) is 18.1 Å². The van der Waals surface area contributed by atoms with Crippen molar-refractivity contribution >= 4 is 0 Å². The van der Waals surface area contributed by atoms with Gasteiger partial charge in [0.25, 0.3) is 0 Å². The van der Waals surface area contributed by atoms with Crippen molar-refractivity contribution in [2.45, 2.75) is 57.7 Å². The molecule has 1 aliphatic rings. The molecular formula is C20H35N3O. The van der Waals surface area contributed by atoms with Gasteiger partial charge in [-0.05, 0) is 70.9 Å². The summed E-state index contributed by atoms with van der Waals surface area (Å²) in [6.07, 6.45) is 4.81. The smallest absolute Gasteiger partial charge is 0.119 e. The van der Waals surface area contributed by atoms with Gasteiger partial charge < -0.3 is 20.3 Å². The Hall–Kier alpha value is -1.10. The number of nitrogens with zero attached hydrogens (tertiary/aromatic N) is 1. The molecule has 4 nitrogen and oxygen atoms in total. The third-order valence-corrected chi connectivity index (χ3v) is 4.89. The van der Waals surface area contributed by atoms with Crippen LogP contribution in [0.5, 0.6) is 5.75 Å². The molecule has 1 aromatic carbocycles. The van der Waals surface area contributed by atoms with Crippen LogP contribution >= 0.6 is 0 Å². The lowest BCUT2D eigenvalue weighted by Gasteiger charge is -2.28. The van der Waals surface area contributed by atoms with Crippen molar-refractivity contribution in [3.8, 4) is 5.75 Å². The van der Waals surface area contributed by atoms with Crippen molar-refractivity contribution < 1.29 is 4.74 Å². The lowest BCUT2D eigenvalue weighted by Crippen LogP contribution is -2.45. The van der Waals surface area contributed by atoms with Crippen LogP contribution in [0.1, 0.15) is 51.1 Å². The second-order valence-corrected chi connectivity index (χ2v) is 7.18. The van der Waals surface area contributed by atoms with Gasteiger partial charge in [-0.1, -0.05) is 19.1 Å². The Morgan fingerprint density at radius 1 is 1.29 bits per heavy atom. The molecule has 136 valence electrons. The van der Waals surface area contributed by atoms with Crippen molar-refractivity contribution in [2.24, 2.45) is 0 Å². The predicted molar refractivity (Wildman–Crippen MR) is 102 cm³/mol. The zero-order valence-electron chi connectivity index (χ0n) is 15.8. The minimum atomic E-state index is 0.361. The molecule has 1 heterocycles. The molecule has 2 rings (SSSR count). The number of hydrogen-bond acceptors (Lipinski definition) is 4. The fourth-order valence-corrected chi connectivity index (χ4v) is 3.41. The molecule has 0 amide bonds. The first-order chi connectivity index (χ1) is 11.6. The minimum Gasteiger partial charge on any atom is -0.494 e. The Kier molecular flexibility index (Phi) is 8.03. The molecule has 1 saturated heterocycles. The maximum Gasteiger partial charge on any atom is 0.119 e. The normalized spacial score (nSPS) is 20.3. The molecule has 0 spiro atoms. The third kappa shape index (κ3) is 6.08. The summed E-state index contributed by atoms with van der Waals surface area (Å²) >= 11 is 0. The van der Waals surface area contributed by atoms with Crippen LogP contribution < -0.4 is 15.4 Å². The first-order valence-corrected chi connectivity index (χ1v) is 9.47. The van der Waals surface area contributed by atoms with Crippen LogP contribution in [0.4, 0.5) is 0 Å². The SMILES string of the molecule is CCC(NC(C)c1ccc(OCCCN(C)C)cc1)C1CCCN1. The lowest BCUT2D eigenvalue weighted by molar-refractivity contribution is 0.281. The highest BCUT2D eigenvalue weighted by molar-refractivity contribution is 5.29. The summed E-state index contributed by atoms with van der Waals surface area (Å²) in [5.41, 5.74) is 1.33. The average Bonchev–Trinajstić information content (AvgIpc) is 3.11. The molecule has 3 atom stereocenters. The highest BCUT2D eigenvalue weighted by Crippen LogP contribution is 2.20. The van der Waals surface area contributed by atoms with E-state index in [1.54, 1.807) is 0 Å². The zero-order valence-corrected chi connectivity index (χ0v) is 15.8. The summed E-state index contributed by atoms with van der Waals surface area (Å²) in [5.74, 6) is 0.967. The first-order valence-electron chi connectivity index (χ1n) is 9.47. The number of nitrogens with one attached hydrogen (secondary N) is 2. The highest BCUT2D eigenvalue weighted by Gasteiger charge is 2.24. The van der Waals surface area contributed by atoms with Crippen LogP contribution in [0.15, 0.2) is 24.3 Å². The van der Waals surface area contributed by atoms with E-state index in [9.17, 15) is 0 Å². The Bertz CT molecular complexity index is 454. The number of benzene rings is 1. The molecule has 0 aromatic heterocycles. The Labute approximate surface area is 148 Å². The zero-order chi connectivity index (χ0) is 17.4. The maximum absolute atomic E-state index is 5.82. The van der Waals surface area contributed by atoms with Gasteiger partial charge in [-0.15, -0.1) is 0 Å². The quantitative estimate of drug-likeness (QED) is 0.645. The third-order valence-electron chi connectivity index (χ3n) is 4.89. The van der Waals surface area contributed by atoms with Gasteiger partial charge in [0.1, 0.15) is 5.75 Å². The van der Waals surface area contributed by atoms with Crippen molar-refractivity contribution in [1.82, 2.24) is 15.5 Å². The molecule has 24 heavy (non-hydrogen) atoms. The van der Waals surface area contributed by atoms with Crippen molar-refractivity contribution in [3.05, 3.63) is 29.8 Å². The van der Waals surface area contributed by atoms with E-state index in [-0.39, 0.29) is 0 Å². The molecule has 1 aliphatic heterocycles. The summed E-state index contributed by atoms with van der Waals surface area (Å²) in [7, 11) is 4.18. The van der Waals surface area contributed by atoms with Crippen LogP contribution in [0, 0.1) is 0 Å². The number of rotatable bonds is 10. The molecule has 3 unspecified atom stereocenters. The molecule has 2 N–H and O–H groups in total. The Morgan fingerprint density at radius 2 is 2.04 bits per heavy atom. The molecule has 0 bridgehead atoms. The summed E-state index contributed by atoms with van der Waals surface area (Å²) in [6, 6.07) is 10.1. The largest absolute Gasteiger partial charge is 0.494 e. The molecular weight excluding hydrogens is 298 g/mol. The fraction of sp³-hybridized carbons (Fsp3) is 0.700. The van der Waals surface area contributed by atoms with Crippen LogP contribution in [0.2, 0.25) is 0 Å². The fourth-order valence-electron chi connectivity index (χ4n) is 3.41. The van der Waals surface area contributed by atoms with Gasteiger partial charge >= 0.3 is 0 Å². The van der Waals surface area contributed by atoms with Crippen molar-refractivity contribution in [2.75, 3.05) is 33.8 Å². The van der Waals surface area contributed by atoms with Crippen molar-refractivity contribution in [1.29, 1.82) is 0 Å². The maximum atomic E-state index is 5.82. The van der Waals surface area contributed by atoms with Gasteiger partial charge in [-0.3, -0.25) is 0 Å². The van der Waals surface area contributed by atoms with Gasteiger partial charge in [-0.2, -0.15) is 0 Å². The van der Waals surface area contributed by atoms with E-state index in [1.807, 2.05) is 0 Å². The van der Waals surface area contributed by atoms with E-state index in [0.717, 1.165) is 38.3 Å². The topological polar surface area (TPSA) is 36.5 Å². The summed E-state index contributed by atoms with van der Waals surface area (Å²) in [4.78, 5) is 2.18. The van der Waals surface area contributed by atoms with Gasteiger partial charge in [0.15, 0.2) is 0 Å². The molecule has 4 heteroatoms.